The van der Waals surface area contributed by atoms with Gasteiger partial charge in [0.25, 0.3) is 0 Å². The lowest BCUT2D eigenvalue weighted by Gasteiger charge is -2.10. The van der Waals surface area contributed by atoms with Crippen molar-refractivity contribution >= 4 is 40.6 Å². The summed E-state index contributed by atoms with van der Waals surface area (Å²) in [4.78, 5) is 25.7. The number of nitrogens with zero attached hydrogens (tertiary/aromatic N) is 3. The lowest BCUT2D eigenvalue weighted by Crippen LogP contribution is -2.34. The second kappa shape index (κ2) is 10.1. The Hall–Kier alpha value is -2.65. The summed E-state index contributed by atoms with van der Waals surface area (Å²) in [5.74, 6) is 0.706. The van der Waals surface area contributed by atoms with Crippen LogP contribution in [0.15, 0.2) is 46.9 Å². The van der Waals surface area contributed by atoms with Crippen molar-refractivity contribution in [2.24, 2.45) is 0 Å². The van der Waals surface area contributed by atoms with Crippen LogP contribution in [0.5, 0.6) is 0 Å². The molecule has 2 heterocycles. The van der Waals surface area contributed by atoms with Gasteiger partial charge in [-0.25, -0.2) is 0 Å². The number of amides is 2. The van der Waals surface area contributed by atoms with Crippen molar-refractivity contribution in [1.29, 1.82) is 0 Å². The fourth-order valence-electron chi connectivity index (χ4n) is 3.30. The highest BCUT2D eigenvalue weighted by Gasteiger charge is 2.30. The second-order valence-electron chi connectivity index (χ2n) is 7.38. The maximum absolute atomic E-state index is 12.3. The summed E-state index contributed by atoms with van der Waals surface area (Å²) in [6.07, 6.45) is 3.83. The Morgan fingerprint density at radius 2 is 2.00 bits per heavy atom. The van der Waals surface area contributed by atoms with Gasteiger partial charge in [-0.3, -0.25) is 9.59 Å². The van der Waals surface area contributed by atoms with Crippen LogP contribution < -0.4 is 10.6 Å². The van der Waals surface area contributed by atoms with E-state index >= 15 is 0 Å². The number of benzene rings is 1. The van der Waals surface area contributed by atoms with Gasteiger partial charge in [-0.2, -0.15) is 0 Å². The molecule has 3 aromatic rings. The van der Waals surface area contributed by atoms with E-state index in [1.165, 1.54) is 16.6 Å². The molecule has 1 aromatic carbocycles. The van der Waals surface area contributed by atoms with Crippen molar-refractivity contribution in [1.82, 2.24) is 20.1 Å². The first kappa shape index (κ1) is 21.6. The number of para-hydroxylation sites is 1. The smallest absolute Gasteiger partial charge is 0.243 e. The van der Waals surface area contributed by atoms with Crippen molar-refractivity contribution in [2.75, 3.05) is 17.6 Å². The number of aromatic nitrogens is 3. The molecule has 4 rings (SSSR count). The van der Waals surface area contributed by atoms with E-state index in [1.807, 2.05) is 37.3 Å². The number of anilines is 1. The molecule has 2 aromatic heterocycles. The average Bonchev–Trinajstić information content (AvgIpc) is 3.33. The molecule has 1 fully saturated rings. The number of hydrogen-bond donors (Lipinski definition) is 2. The third kappa shape index (κ3) is 5.74. The number of aryl methyl sites for hydroxylation is 1. The highest BCUT2D eigenvalue weighted by Crippen LogP contribution is 2.39. The Morgan fingerprint density at radius 1 is 1.16 bits per heavy atom. The summed E-state index contributed by atoms with van der Waals surface area (Å²) in [6, 6.07) is 12.2. The maximum Gasteiger partial charge on any atom is 0.243 e. The lowest BCUT2D eigenvalue weighted by molar-refractivity contribution is -0.122. The normalized spacial score (nSPS) is 13.2. The van der Waals surface area contributed by atoms with Gasteiger partial charge < -0.3 is 15.2 Å². The van der Waals surface area contributed by atoms with E-state index in [2.05, 4.69) is 36.8 Å². The van der Waals surface area contributed by atoms with Crippen molar-refractivity contribution < 1.29 is 9.59 Å². The molecule has 0 spiro atoms. The number of carbonyl (C=O) groups excluding carboxylic acids is 2. The molecule has 1 saturated carbocycles. The first-order valence-corrected chi connectivity index (χ1v) is 12.2. The Morgan fingerprint density at radius 3 is 2.74 bits per heavy atom. The third-order valence-corrected chi connectivity index (χ3v) is 6.83. The predicted molar refractivity (Wildman–Crippen MR) is 124 cm³/mol. The largest absolute Gasteiger partial charge is 0.346 e. The summed E-state index contributed by atoms with van der Waals surface area (Å²) in [5, 5.41) is 17.1. The van der Waals surface area contributed by atoms with Gasteiger partial charge in [0.2, 0.25) is 11.8 Å². The number of hydrogen-bond acceptors (Lipinski definition) is 6. The lowest BCUT2D eigenvalue weighted by atomic mass is 10.1. The third-order valence-electron chi connectivity index (χ3n) is 5.01. The Bertz CT molecular complexity index is 1040. The van der Waals surface area contributed by atoms with E-state index in [1.54, 1.807) is 11.3 Å². The van der Waals surface area contributed by atoms with E-state index in [-0.39, 0.29) is 24.1 Å². The number of thioether (sulfide) groups is 1. The van der Waals surface area contributed by atoms with E-state index in [9.17, 15) is 9.59 Å². The molecule has 0 unspecified atom stereocenters. The Labute approximate surface area is 189 Å². The number of rotatable bonds is 10. The maximum atomic E-state index is 12.3. The quantitative estimate of drug-likeness (QED) is 0.455. The van der Waals surface area contributed by atoms with E-state index < -0.39 is 0 Å². The molecule has 31 heavy (non-hydrogen) atoms. The number of thiophene rings is 1. The van der Waals surface area contributed by atoms with E-state index in [0.29, 0.717) is 6.04 Å². The van der Waals surface area contributed by atoms with Crippen LogP contribution in [0.25, 0.3) is 0 Å². The number of carbonyl (C=O) groups is 2. The van der Waals surface area contributed by atoms with Crippen LogP contribution >= 0.6 is 23.1 Å². The van der Waals surface area contributed by atoms with Crippen molar-refractivity contribution in [3.05, 3.63) is 58.0 Å². The summed E-state index contributed by atoms with van der Waals surface area (Å²) >= 11 is 3.08. The van der Waals surface area contributed by atoms with Gasteiger partial charge in [0, 0.05) is 23.0 Å². The standard InChI is InChI=1S/C22H25N5O2S2/c1-2-15-6-3-4-8-18(15)24-20(28)13-23-21(29)14-31-22-26-25-19(27(22)16-9-10-16)12-17-7-5-11-30-17/h3-8,11,16H,2,9-10,12-14H2,1H3,(H,23,29)(H,24,28). The van der Waals surface area contributed by atoms with Gasteiger partial charge in [-0.05, 0) is 42.3 Å². The first-order valence-electron chi connectivity index (χ1n) is 10.4. The monoisotopic (exact) mass is 455 g/mol. The van der Waals surface area contributed by atoms with Crippen LogP contribution in [0, 0.1) is 0 Å². The van der Waals surface area contributed by atoms with Crippen LogP contribution in [-0.2, 0) is 22.4 Å². The highest BCUT2D eigenvalue weighted by molar-refractivity contribution is 7.99. The molecule has 162 valence electrons. The van der Waals surface area contributed by atoms with E-state index in [4.69, 9.17) is 0 Å². The topological polar surface area (TPSA) is 88.9 Å². The van der Waals surface area contributed by atoms with Crippen LogP contribution in [0.1, 0.15) is 42.1 Å². The molecule has 2 N–H and O–H groups in total. The van der Waals surface area contributed by atoms with Crippen LogP contribution in [-0.4, -0.2) is 38.9 Å². The number of nitrogens with one attached hydrogen (secondary N) is 2. The molecule has 0 aliphatic heterocycles. The first-order chi connectivity index (χ1) is 15.1. The fourth-order valence-corrected chi connectivity index (χ4v) is 4.86. The molecular formula is C22H25N5O2S2. The van der Waals surface area contributed by atoms with Gasteiger partial charge in [0.05, 0.1) is 12.3 Å². The summed E-state index contributed by atoms with van der Waals surface area (Å²) in [6.45, 7) is 1.98. The molecule has 2 amide bonds. The van der Waals surface area contributed by atoms with Gasteiger partial charge in [0.15, 0.2) is 5.16 Å². The summed E-state index contributed by atoms with van der Waals surface area (Å²) in [7, 11) is 0. The molecule has 1 aliphatic rings. The van der Waals surface area contributed by atoms with Crippen molar-refractivity contribution in [3.63, 3.8) is 0 Å². The van der Waals surface area contributed by atoms with Gasteiger partial charge in [-0.15, -0.1) is 21.5 Å². The predicted octanol–water partition coefficient (Wildman–Crippen LogP) is 3.67. The molecule has 9 heteroatoms. The van der Waals surface area contributed by atoms with Gasteiger partial charge >= 0.3 is 0 Å². The van der Waals surface area contributed by atoms with E-state index in [0.717, 1.165) is 47.9 Å². The zero-order valence-electron chi connectivity index (χ0n) is 17.3. The summed E-state index contributed by atoms with van der Waals surface area (Å²) in [5.41, 5.74) is 1.85. The molecular weight excluding hydrogens is 430 g/mol. The Balaban J connectivity index is 1.28. The van der Waals surface area contributed by atoms with Gasteiger partial charge in [-0.1, -0.05) is 43.0 Å². The van der Waals surface area contributed by atoms with Crippen LogP contribution in [0.4, 0.5) is 5.69 Å². The molecule has 0 bridgehead atoms. The second-order valence-corrected chi connectivity index (χ2v) is 9.36. The van der Waals surface area contributed by atoms with Crippen LogP contribution in [0.3, 0.4) is 0 Å². The highest BCUT2D eigenvalue weighted by atomic mass is 32.2. The zero-order valence-corrected chi connectivity index (χ0v) is 19.0. The Kier molecular flexibility index (Phi) is 7.03. The van der Waals surface area contributed by atoms with Gasteiger partial charge in [0.1, 0.15) is 5.82 Å². The SMILES string of the molecule is CCc1ccccc1NC(=O)CNC(=O)CSc1nnc(Cc2cccs2)n1C1CC1. The van der Waals surface area contributed by atoms with Crippen molar-refractivity contribution in [3.8, 4) is 0 Å². The molecule has 0 saturated heterocycles. The molecule has 1 aliphatic carbocycles. The summed E-state index contributed by atoms with van der Waals surface area (Å²) < 4.78 is 2.17. The zero-order chi connectivity index (χ0) is 21.6. The minimum absolute atomic E-state index is 0.0591. The minimum Gasteiger partial charge on any atom is -0.346 e. The minimum atomic E-state index is -0.237. The van der Waals surface area contributed by atoms with Crippen molar-refractivity contribution in [2.45, 2.75) is 43.8 Å². The molecule has 0 atom stereocenters. The fraction of sp³-hybridized carbons (Fsp3) is 0.364. The van der Waals surface area contributed by atoms with Crippen LogP contribution in [0.2, 0.25) is 0 Å². The average molecular weight is 456 g/mol. The molecule has 0 radical (unpaired) electrons. The molecule has 7 nitrogen and oxygen atoms in total.